The van der Waals surface area contributed by atoms with Gasteiger partial charge in [-0.05, 0) is 50.5 Å². The number of morpholine rings is 1. The fraction of sp³-hybridized carbons (Fsp3) is 0.476. The smallest absolute Gasteiger partial charge is 0.154 e. The highest BCUT2D eigenvalue weighted by Crippen LogP contribution is 2.30. The van der Waals surface area contributed by atoms with Crippen molar-refractivity contribution in [2.75, 3.05) is 37.7 Å². The van der Waals surface area contributed by atoms with Crippen LogP contribution >= 0.6 is 0 Å². The summed E-state index contributed by atoms with van der Waals surface area (Å²) in [6.07, 6.45) is 7.41. The minimum absolute atomic E-state index is 0.00547. The molecule has 4 heterocycles. The number of hydrogen-bond donors (Lipinski definition) is 1. The lowest BCUT2D eigenvalue weighted by molar-refractivity contribution is -0.0800. The maximum atomic E-state index is 6.11. The number of nitrogens with one attached hydrogen (secondary N) is 1. The molecular weight excluding hydrogens is 352 g/mol. The van der Waals surface area contributed by atoms with Gasteiger partial charge < -0.3 is 15.0 Å². The number of aryl methyl sites for hydroxylation is 1. The fourth-order valence-corrected chi connectivity index (χ4v) is 4.04. The summed E-state index contributed by atoms with van der Waals surface area (Å²) in [4.78, 5) is 11.1. The Kier molecular flexibility index (Phi) is 5.28. The van der Waals surface area contributed by atoms with E-state index in [0.717, 1.165) is 74.1 Å². The third-order valence-electron chi connectivity index (χ3n) is 5.59. The van der Waals surface area contributed by atoms with Gasteiger partial charge >= 0.3 is 0 Å². The average molecular weight is 380 g/mol. The number of ether oxygens (including phenoxy) is 1. The summed E-state index contributed by atoms with van der Waals surface area (Å²) in [7, 11) is 0. The van der Waals surface area contributed by atoms with E-state index in [9.17, 15) is 0 Å². The summed E-state index contributed by atoms with van der Waals surface area (Å²) >= 11 is 0. The Morgan fingerprint density at radius 3 is 2.89 bits per heavy atom. The zero-order valence-corrected chi connectivity index (χ0v) is 16.7. The minimum atomic E-state index is -0.00547. The zero-order chi connectivity index (χ0) is 19.6. The summed E-state index contributed by atoms with van der Waals surface area (Å²) in [5.41, 5.74) is 3.51. The molecule has 2 aliphatic rings. The third kappa shape index (κ3) is 3.59. The fourth-order valence-electron chi connectivity index (χ4n) is 4.04. The van der Waals surface area contributed by atoms with Crippen molar-refractivity contribution in [3.63, 3.8) is 0 Å². The topological polar surface area (TPSA) is 67.0 Å². The van der Waals surface area contributed by atoms with Crippen LogP contribution in [0.5, 0.6) is 0 Å². The molecule has 0 radical (unpaired) electrons. The van der Waals surface area contributed by atoms with E-state index in [-0.39, 0.29) is 5.60 Å². The van der Waals surface area contributed by atoms with E-state index in [1.54, 1.807) is 12.4 Å². The summed E-state index contributed by atoms with van der Waals surface area (Å²) < 4.78 is 8.00. The van der Waals surface area contributed by atoms with Crippen molar-refractivity contribution < 1.29 is 4.74 Å². The molecule has 7 heteroatoms. The van der Waals surface area contributed by atoms with Crippen LogP contribution in [0, 0.1) is 6.92 Å². The van der Waals surface area contributed by atoms with Crippen LogP contribution in [-0.4, -0.2) is 59.2 Å². The molecule has 2 aromatic rings. The Morgan fingerprint density at radius 1 is 1.36 bits per heavy atom. The van der Waals surface area contributed by atoms with Crippen molar-refractivity contribution in [1.82, 2.24) is 19.9 Å². The first-order valence-electron chi connectivity index (χ1n) is 9.91. The maximum Gasteiger partial charge on any atom is 0.154 e. The van der Waals surface area contributed by atoms with Crippen LogP contribution in [0.4, 0.5) is 5.82 Å². The van der Waals surface area contributed by atoms with Crippen LogP contribution in [-0.2, 0) is 4.74 Å². The van der Waals surface area contributed by atoms with E-state index < -0.39 is 0 Å². The van der Waals surface area contributed by atoms with Crippen LogP contribution in [0.2, 0.25) is 0 Å². The molecule has 0 aliphatic carbocycles. The first-order chi connectivity index (χ1) is 13.6. The molecule has 0 unspecified atom stereocenters. The van der Waals surface area contributed by atoms with E-state index in [2.05, 4.69) is 32.8 Å². The average Bonchev–Trinajstić information content (AvgIpc) is 3.04. The van der Waals surface area contributed by atoms with Gasteiger partial charge in [0.15, 0.2) is 5.65 Å². The summed E-state index contributed by atoms with van der Waals surface area (Å²) in [6, 6.07) is 4.09. The lowest BCUT2D eigenvalue weighted by Crippen LogP contribution is -2.55. The number of aliphatic imine (C=N–C) groups is 1. The number of anilines is 1. The van der Waals surface area contributed by atoms with E-state index in [0.29, 0.717) is 0 Å². The molecule has 0 saturated carbocycles. The van der Waals surface area contributed by atoms with Gasteiger partial charge in [-0.2, -0.15) is 0 Å². The van der Waals surface area contributed by atoms with Crippen molar-refractivity contribution in [1.29, 1.82) is 0 Å². The first kappa shape index (κ1) is 18.8. The second-order valence-corrected chi connectivity index (χ2v) is 7.45. The SMILES string of the molecule is C=C(/C=C\N=CC)c1c(C)nc2ccc(N3CCC4(CC3)CNCCO4)nn12. The molecule has 2 fully saturated rings. The van der Waals surface area contributed by atoms with E-state index in [1.165, 1.54) is 0 Å². The molecule has 1 N–H and O–H groups in total. The molecular formula is C21H28N6O. The van der Waals surface area contributed by atoms with Gasteiger partial charge in [0.25, 0.3) is 0 Å². The summed E-state index contributed by atoms with van der Waals surface area (Å²) in [5.74, 6) is 0.966. The Bertz CT molecular complexity index is 912. The van der Waals surface area contributed by atoms with Gasteiger partial charge in [-0.15, -0.1) is 5.10 Å². The molecule has 0 amide bonds. The highest BCUT2D eigenvalue weighted by molar-refractivity contribution is 5.73. The molecule has 2 aliphatic heterocycles. The highest BCUT2D eigenvalue weighted by Gasteiger charge is 2.37. The first-order valence-corrected chi connectivity index (χ1v) is 9.91. The second-order valence-electron chi connectivity index (χ2n) is 7.45. The van der Waals surface area contributed by atoms with Crippen molar-refractivity contribution in [2.24, 2.45) is 4.99 Å². The molecule has 1 spiro atoms. The Labute approximate surface area is 165 Å². The molecule has 4 rings (SSSR count). The van der Waals surface area contributed by atoms with E-state index in [1.807, 2.05) is 30.5 Å². The molecule has 7 nitrogen and oxygen atoms in total. The van der Waals surface area contributed by atoms with Gasteiger partial charge in [0.05, 0.1) is 23.6 Å². The predicted octanol–water partition coefficient (Wildman–Crippen LogP) is 2.61. The van der Waals surface area contributed by atoms with Gasteiger partial charge in [0.2, 0.25) is 0 Å². The maximum absolute atomic E-state index is 6.11. The molecule has 148 valence electrons. The lowest BCUT2D eigenvalue weighted by atomic mass is 9.90. The van der Waals surface area contributed by atoms with Gasteiger partial charge in [-0.25, -0.2) is 9.50 Å². The normalized spacial score (nSPS) is 20.0. The molecule has 2 saturated heterocycles. The van der Waals surface area contributed by atoms with Gasteiger partial charge in [-0.3, -0.25) is 4.99 Å². The molecule has 28 heavy (non-hydrogen) atoms. The molecule has 0 atom stereocenters. The largest absolute Gasteiger partial charge is 0.372 e. The number of nitrogens with zero attached hydrogens (tertiary/aromatic N) is 5. The van der Waals surface area contributed by atoms with E-state index >= 15 is 0 Å². The van der Waals surface area contributed by atoms with Gasteiger partial charge in [-0.1, -0.05) is 6.58 Å². The highest BCUT2D eigenvalue weighted by atomic mass is 16.5. The monoisotopic (exact) mass is 380 g/mol. The number of hydrogen-bond acceptors (Lipinski definition) is 6. The molecule has 0 bridgehead atoms. The van der Waals surface area contributed by atoms with Crippen molar-refractivity contribution >= 4 is 23.3 Å². The Balaban J connectivity index is 1.57. The van der Waals surface area contributed by atoms with Crippen LogP contribution in [0.1, 0.15) is 31.2 Å². The van der Waals surface area contributed by atoms with E-state index in [4.69, 9.17) is 9.84 Å². The van der Waals surface area contributed by atoms with Crippen LogP contribution in [0.15, 0.2) is 36.0 Å². The molecule has 0 aromatic carbocycles. The number of aromatic nitrogens is 3. The number of imidazole rings is 1. The van der Waals surface area contributed by atoms with Crippen molar-refractivity contribution in [3.8, 4) is 0 Å². The van der Waals surface area contributed by atoms with Crippen LogP contribution in [0.3, 0.4) is 0 Å². The summed E-state index contributed by atoms with van der Waals surface area (Å²) in [6.45, 7) is 12.6. The summed E-state index contributed by atoms with van der Waals surface area (Å²) in [5, 5.41) is 8.36. The van der Waals surface area contributed by atoms with Crippen molar-refractivity contribution in [2.45, 2.75) is 32.3 Å². The predicted molar refractivity (Wildman–Crippen MR) is 113 cm³/mol. The molecule has 2 aromatic heterocycles. The Morgan fingerprint density at radius 2 is 2.18 bits per heavy atom. The van der Waals surface area contributed by atoms with Crippen molar-refractivity contribution in [3.05, 3.63) is 42.4 Å². The Hall–Kier alpha value is -2.51. The quantitative estimate of drug-likeness (QED) is 0.652. The number of piperidine rings is 1. The number of allylic oxidation sites excluding steroid dienone is 2. The van der Waals surface area contributed by atoms with Crippen LogP contribution < -0.4 is 10.2 Å². The number of rotatable bonds is 4. The van der Waals surface area contributed by atoms with Crippen LogP contribution in [0.25, 0.3) is 11.2 Å². The second kappa shape index (κ2) is 7.85. The zero-order valence-electron chi connectivity index (χ0n) is 16.7. The van der Waals surface area contributed by atoms with Gasteiger partial charge in [0, 0.05) is 38.6 Å². The van der Waals surface area contributed by atoms with Gasteiger partial charge in [0.1, 0.15) is 5.82 Å². The lowest BCUT2D eigenvalue weighted by Gasteiger charge is -2.44. The standard InChI is InChI=1S/C21H28N6O/c1-4-22-10-7-16(2)20-17(3)24-18-5-6-19(25-27(18)20)26-12-8-21(9-13-26)15-23-11-14-28-21/h4-7,10,23H,2,8-9,11-15H2,1,3H3/b10-7-,22-4?. The third-order valence-corrected chi connectivity index (χ3v) is 5.59. The number of fused-ring (bicyclic) bond motifs is 1. The minimum Gasteiger partial charge on any atom is -0.372 e.